The second-order valence-electron chi connectivity index (χ2n) is 5.21. The summed E-state index contributed by atoms with van der Waals surface area (Å²) in [7, 11) is 0. The highest BCUT2D eigenvalue weighted by Gasteiger charge is 2.38. The first kappa shape index (κ1) is 15.6. The predicted molar refractivity (Wildman–Crippen MR) is 80.9 cm³/mol. The lowest BCUT2D eigenvalue weighted by atomic mass is 10.1. The van der Waals surface area contributed by atoms with Crippen LogP contribution < -0.4 is 5.56 Å². The molecule has 8 heteroatoms. The van der Waals surface area contributed by atoms with E-state index < -0.39 is 17.8 Å². The maximum absolute atomic E-state index is 12.1. The molecule has 0 spiro atoms. The number of hydrogen-bond acceptors (Lipinski definition) is 6. The third-order valence-electron chi connectivity index (χ3n) is 3.69. The minimum Gasteiger partial charge on any atom is -0.330 e. The van der Waals surface area contributed by atoms with Crippen molar-refractivity contribution >= 4 is 17.8 Å². The number of nitrogens with zero attached hydrogens (tertiary/aromatic N) is 2. The summed E-state index contributed by atoms with van der Waals surface area (Å²) in [6, 6.07) is 6.21. The first-order chi connectivity index (χ1) is 11.5. The number of aryl methyl sites for hydroxylation is 1. The molecule has 0 unspecified atom stereocenters. The van der Waals surface area contributed by atoms with Gasteiger partial charge in [0.15, 0.2) is 0 Å². The molecule has 8 nitrogen and oxygen atoms in total. The molecule has 0 bridgehead atoms. The Morgan fingerprint density at radius 2 is 1.79 bits per heavy atom. The van der Waals surface area contributed by atoms with E-state index in [0.717, 1.165) is 0 Å². The van der Waals surface area contributed by atoms with Gasteiger partial charge < -0.3 is 9.82 Å². The number of carbonyl (C=O) groups excluding carboxylic acids is 3. The number of fused-ring (bicyclic) bond motifs is 1. The Labute approximate surface area is 136 Å². The third kappa shape index (κ3) is 2.69. The molecule has 2 amide bonds. The van der Waals surface area contributed by atoms with Crippen LogP contribution in [0.4, 0.5) is 0 Å². The van der Waals surface area contributed by atoms with Crippen molar-refractivity contribution in [2.75, 3.05) is 0 Å². The van der Waals surface area contributed by atoms with Gasteiger partial charge in [-0.25, -0.2) is 9.78 Å². The molecule has 3 rings (SSSR count). The molecule has 2 heterocycles. The SMILES string of the molecule is Cc1nc[nH]c(=O)c1CCC(=O)ON1C(=O)c2ccccc2C1=O. The third-order valence-corrected chi connectivity index (χ3v) is 3.69. The van der Waals surface area contributed by atoms with Crippen LogP contribution in [0.2, 0.25) is 0 Å². The van der Waals surface area contributed by atoms with Crippen molar-refractivity contribution in [2.24, 2.45) is 0 Å². The molecule has 2 aromatic rings. The number of nitrogens with one attached hydrogen (secondary N) is 1. The van der Waals surface area contributed by atoms with E-state index in [9.17, 15) is 19.2 Å². The van der Waals surface area contributed by atoms with Gasteiger partial charge in [-0.3, -0.25) is 14.4 Å². The van der Waals surface area contributed by atoms with Crippen LogP contribution >= 0.6 is 0 Å². The number of H-pyrrole nitrogens is 1. The van der Waals surface area contributed by atoms with Crippen molar-refractivity contribution in [3.05, 3.63) is 63.3 Å². The van der Waals surface area contributed by atoms with E-state index in [1.807, 2.05) is 0 Å². The van der Waals surface area contributed by atoms with Crippen LogP contribution in [-0.4, -0.2) is 32.8 Å². The quantitative estimate of drug-likeness (QED) is 0.831. The Kier molecular flexibility index (Phi) is 3.95. The zero-order valence-corrected chi connectivity index (χ0v) is 12.7. The van der Waals surface area contributed by atoms with Crippen LogP contribution in [0.25, 0.3) is 0 Å². The fourth-order valence-corrected chi connectivity index (χ4v) is 2.44. The smallest absolute Gasteiger partial charge is 0.330 e. The number of aromatic amines is 1. The summed E-state index contributed by atoms with van der Waals surface area (Å²) in [4.78, 5) is 59.1. The van der Waals surface area contributed by atoms with E-state index in [2.05, 4.69) is 9.97 Å². The van der Waals surface area contributed by atoms with Gasteiger partial charge in [-0.2, -0.15) is 0 Å². The van der Waals surface area contributed by atoms with E-state index in [0.29, 0.717) is 16.3 Å². The highest BCUT2D eigenvalue weighted by atomic mass is 16.7. The van der Waals surface area contributed by atoms with Gasteiger partial charge in [0.2, 0.25) is 0 Å². The first-order valence-electron chi connectivity index (χ1n) is 7.21. The van der Waals surface area contributed by atoms with Crippen LogP contribution in [0.15, 0.2) is 35.4 Å². The summed E-state index contributed by atoms with van der Waals surface area (Å²) >= 11 is 0. The summed E-state index contributed by atoms with van der Waals surface area (Å²) in [6.45, 7) is 1.65. The zero-order chi connectivity index (χ0) is 17.3. The van der Waals surface area contributed by atoms with Crippen LogP contribution in [0.1, 0.15) is 38.4 Å². The molecule has 1 aromatic carbocycles. The van der Waals surface area contributed by atoms with Gasteiger partial charge in [0.25, 0.3) is 17.4 Å². The van der Waals surface area contributed by atoms with Crippen molar-refractivity contribution in [1.29, 1.82) is 0 Å². The van der Waals surface area contributed by atoms with Crippen LogP contribution in [0, 0.1) is 6.92 Å². The predicted octanol–water partition coefficient (Wildman–Crippen LogP) is 0.765. The average molecular weight is 327 g/mol. The summed E-state index contributed by atoms with van der Waals surface area (Å²) in [5.41, 5.74) is 0.907. The lowest BCUT2D eigenvalue weighted by Gasteiger charge is -2.12. The summed E-state index contributed by atoms with van der Waals surface area (Å²) < 4.78 is 0. The van der Waals surface area contributed by atoms with Gasteiger partial charge >= 0.3 is 5.97 Å². The van der Waals surface area contributed by atoms with Crippen molar-refractivity contribution in [2.45, 2.75) is 19.8 Å². The number of hydroxylamine groups is 2. The number of hydrogen-bond donors (Lipinski definition) is 1. The Balaban J connectivity index is 1.67. The van der Waals surface area contributed by atoms with E-state index >= 15 is 0 Å². The molecule has 24 heavy (non-hydrogen) atoms. The van der Waals surface area contributed by atoms with Gasteiger partial charge in [0, 0.05) is 11.3 Å². The van der Waals surface area contributed by atoms with E-state index in [4.69, 9.17) is 4.84 Å². The molecule has 122 valence electrons. The molecular formula is C16H13N3O5. The van der Waals surface area contributed by atoms with E-state index in [-0.39, 0.29) is 29.5 Å². The Morgan fingerprint density at radius 3 is 2.38 bits per heavy atom. The van der Waals surface area contributed by atoms with Crippen LogP contribution in [0.5, 0.6) is 0 Å². The highest BCUT2D eigenvalue weighted by molar-refractivity contribution is 6.20. The molecular weight excluding hydrogens is 314 g/mol. The molecule has 0 saturated heterocycles. The van der Waals surface area contributed by atoms with Crippen LogP contribution in [-0.2, 0) is 16.1 Å². The van der Waals surface area contributed by atoms with Gasteiger partial charge in [0.1, 0.15) is 0 Å². The Hall–Kier alpha value is -3.29. The van der Waals surface area contributed by atoms with Crippen molar-refractivity contribution in [1.82, 2.24) is 15.0 Å². The minimum atomic E-state index is -0.785. The van der Waals surface area contributed by atoms with Gasteiger partial charge in [-0.1, -0.05) is 17.2 Å². The fraction of sp³-hybridized carbons (Fsp3) is 0.188. The molecule has 0 saturated carbocycles. The van der Waals surface area contributed by atoms with Crippen molar-refractivity contribution in [3.8, 4) is 0 Å². The molecule has 0 radical (unpaired) electrons. The molecule has 0 aliphatic carbocycles. The lowest BCUT2D eigenvalue weighted by molar-refractivity contribution is -0.168. The molecule has 0 fully saturated rings. The lowest BCUT2D eigenvalue weighted by Crippen LogP contribution is -2.33. The second-order valence-corrected chi connectivity index (χ2v) is 5.21. The van der Waals surface area contributed by atoms with Gasteiger partial charge in [-0.15, -0.1) is 0 Å². The summed E-state index contributed by atoms with van der Waals surface area (Å²) in [6.07, 6.45) is 1.21. The molecule has 1 aliphatic heterocycles. The number of amides is 2. The molecule has 1 aliphatic rings. The largest absolute Gasteiger partial charge is 0.333 e. The Morgan fingerprint density at radius 1 is 1.17 bits per heavy atom. The summed E-state index contributed by atoms with van der Waals surface area (Å²) in [5.74, 6) is -2.15. The summed E-state index contributed by atoms with van der Waals surface area (Å²) in [5, 5.41) is 0.452. The van der Waals surface area contributed by atoms with Crippen molar-refractivity contribution in [3.63, 3.8) is 0 Å². The van der Waals surface area contributed by atoms with Crippen LogP contribution in [0.3, 0.4) is 0 Å². The highest BCUT2D eigenvalue weighted by Crippen LogP contribution is 2.22. The number of benzene rings is 1. The number of aromatic nitrogens is 2. The molecule has 0 atom stereocenters. The number of imide groups is 1. The average Bonchev–Trinajstić information content (AvgIpc) is 2.80. The number of carbonyl (C=O) groups is 3. The monoisotopic (exact) mass is 327 g/mol. The van der Waals surface area contributed by atoms with E-state index in [1.54, 1.807) is 19.1 Å². The standard InChI is InChI=1S/C16H13N3O5/c1-9-10(14(21)18-8-17-9)6-7-13(20)24-19-15(22)11-4-2-3-5-12(11)16(19)23/h2-5,8H,6-7H2,1H3,(H,17,18,21). The van der Waals surface area contributed by atoms with Gasteiger partial charge in [0.05, 0.1) is 23.9 Å². The zero-order valence-electron chi connectivity index (χ0n) is 12.7. The molecule has 1 N–H and O–H groups in total. The first-order valence-corrected chi connectivity index (χ1v) is 7.21. The fourth-order valence-electron chi connectivity index (χ4n) is 2.44. The normalized spacial score (nSPS) is 13.1. The minimum absolute atomic E-state index is 0.0943. The van der Waals surface area contributed by atoms with Gasteiger partial charge in [-0.05, 0) is 25.5 Å². The maximum Gasteiger partial charge on any atom is 0.333 e. The maximum atomic E-state index is 12.1. The Bertz CT molecular complexity index is 868. The number of rotatable bonds is 4. The topological polar surface area (TPSA) is 109 Å². The van der Waals surface area contributed by atoms with Crippen molar-refractivity contribution < 1.29 is 19.2 Å². The van der Waals surface area contributed by atoms with E-state index in [1.165, 1.54) is 18.5 Å². The molecule has 1 aromatic heterocycles. The second kappa shape index (κ2) is 6.07.